The molecule has 4 N–H and O–H groups in total. The number of carbonyl (C=O) groups excluding carboxylic acids is 2. The van der Waals surface area contributed by atoms with Crippen molar-refractivity contribution in [3.63, 3.8) is 0 Å². The van der Waals surface area contributed by atoms with Crippen LogP contribution in [0.15, 0.2) is 0 Å². The number of aliphatic hydroxyl groups is 1. The zero-order valence-corrected chi connectivity index (χ0v) is 6.33. The van der Waals surface area contributed by atoms with Gasteiger partial charge in [0.1, 0.15) is 6.10 Å². The first-order valence-corrected chi connectivity index (χ1v) is 3.28. The van der Waals surface area contributed by atoms with Crippen molar-refractivity contribution in [2.24, 2.45) is 5.73 Å². The average Bonchev–Trinajstić information content (AvgIpc) is 1.86. The molecule has 11 heavy (non-hydrogen) atoms. The molecule has 0 aliphatic carbocycles. The third kappa shape index (κ3) is 5.35. The molecule has 0 aliphatic rings. The summed E-state index contributed by atoms with van der Waals surface area (Å²) in [6, 6.07) is 0. The second kappa shape index (κ2) is 4.68. The summed E-state index contributed by atoms with van der Waals surface area (Å²) >= 11 is 0. The van der Waals surface area contributed by atoms with Crippen LogP contribution < -0.4 is 11.1 Å². The molecule has 5 heteroatoms. The number of rotatable bonds is 4. The van der Waals surface area contributed by atoms with E-state index < -0.39 is 17.9 Å². The van der Waals surface area contributed by atoms with E-state index in [1.165, 1.54) is 6.92 Å². The van der Waals surface area contributed by atoms with Crippen molar-refractivity contribution < 1.29 is 14.7 Å². The minimum atomic E-state index is -1.04. The molecule has 0 saturated heterocycles. The Kier molecular flexibility index (Phi) is 4.21. The Hall–Kier alpha value is -1.10. The van der Waals surface area contributed by atoms with Gasteiger partial charge in [0.05, 0.1) is 0 Å². The molecule has 0 aromatic rings. The minimum absolute atomic E-state index is 0.0957. The summed E-state index contributed by atoms with van der Waals surface area (Å²) in [5.41, 5.74) is 4.80. The quantitative estimate of drug-likeness (QED) is 0.460. The Balaban J connectivity index is 3.39. The van der Waals surface area contributed by atoms with E-state index in [9.17, 15) is 9.59 Å². The number of aliphatic hydroxyl groups excluding tert-OH is 1. The molecule has 64 valence electrons. The van der Waals surface area contributed by atoms with E-state index >= 15 is 0 Å². The highest BCUT2D eigenvalue weighted by Crippen LogP contribution is 1.79. The van der Waals surface area contributed by atoms with E-state index in [0.717, 1.165) is 0 Å². The second-order valence-electron chi connectivity index (χ2n) is 2.18. The molecule has 2 amide bonds. The number of carbonyl (C=O) groups is 2. The van der Waals surface area contributed by atoms with Crippen molar-refractivity contribution in [2.75, 3.05) is 6.54 Å². The first-order chi connectivity index (χ1) is 5.04. The molecule has 1 unspecified atom stereocenters. The average molecular weight is 160 g/mol. The van der Waals surface area contributed by atoms with Crippen LogP contribution in [0.4, 0.5) is 0 Å². The molecular weight excluding hydrogens is 148 g/mol. The van der Waals surface area contributed by atoms with Gasteiger partial charge in [0.2, 0.25) is 11.8 Å². The predicted molar refractivity (Wildman–Crippen MR) is 38.5 cm³/mol. The van der Waals surface area contributed by atoms with Crippen LogP contribution in [0.2, 0.25) is 0 Å². The van der Waals surface area contributed by atoms with Crippen LogP contribution in [0.3, 0.4) is 0 Å². The third-order valence-electron chi connectivity index (χ3n) is 1.05. The molecule has 0 aliphatic heterocycles. The zero-order chi connectivity index (χ0) is 8.85. The fourth-order valence-corrected chi connectivity index (χ4v) is 0.457. The molecule has 1 atom stereocenters. The molecule has 0 aromatic carbocycles. The Morgan fingerprint density at radius 1 is 1.64 bits per heavy atom. The van der Waals surface area contributed by atoms with Crippen LogP contribution in [0.5, 0.6) is 0 Å². The van der Waals surface area contributed by atoms with Crippen LogP contribution in [-0.4, -0.2) is 29.6 Å². The maximum Gasteiger partial charge on any atom is 0.248 e. The third-order valence-corrected chi connectivity index (χ3v) is 1.05. The zero-order valence-electron chi connectivity index (χ0n) is 6.33. The van der Waals surface area contributed by atoms with Gasteiger partial charge in [-0.1, -0.05) is 0 Å². The number of primary amides is 1. The Morgan fingerprint density at radius 2 is 2.18 bits per heavy atom. The summed E-state index contributed by atoms with van der Waals surface area (Å²) in [5, 5.41) is 11.0. The predicted octanol–water partition coefficient (Wildman–Crippen LogP) is -1.64. The van der Waals surface area contributed by atoms with Gasteiger partial charge < -0.3 is 16.2 Å². The molecule has 0 aromatic heterocycles. The number of nitrogens with two attached hydrogens (primary N) is 1. The summed E-state index contributed by atoms with van der Waals surface area (Å²) in [7, 11) is 0. The fraction of sp³-hybridized carbons (Fsp3) is 0.667. The standard InChI is InChI=1S/C6H12N2O3/c1-4(9)6(11)8-3-2-5(7)10/h4,9H,2-3H2,1H3,(H2,7,10)(H,8,11). The van der Waals surface area contributed by atoms with Crippen LogP contribution in [0.1, 0.15) is 13.3 Å². The highest BCUT2D eigenvalue weighted by molar-refractivity contribution is 5.81. The van der Waals surface area contributed by atoms with Gasteiger partial charge in [0.25, 0.3) is 0 Å². The van der Waals surface area contributed by atoms with Crippen molar-refractivity contribution in [2.45, 2.75) is 19.4 Å². The summed E-state index contributed by atoms with van der Waals surface area (Å²) in [6.07, 6.45) is -0.943. The number of hydrogen-bond acceptors (Lipinski definition) is 3. The molecule has 0 heterocycles. The van der Waals surface area contributed by atoms with Crippen LogP contribution in [0.25, 0.3) is 0 Å². The van der Waals surface area contributed by atoms with Crippen molar-refractivity contribution in [3.8, 4) is 0 Å². The van der Waals surface area contributed by atoms with Gasteiger partial charge in [0.15, 0.2) is 0 Å². The van der Waals surface area contributed by atoms with E-state index in [4.69, 9.17) is 10.8 Å². The number of nitrogens with one attached hydrogen (secondary N) is 1. The molecule has 5 nitrogen and oxygen atoms in total. The van der Waals surface area contributed by atoms with Crippen molar-refractivity contribution >= 4 is 11.8 Å². The van der Waals surface area contributed by atoms with Gasteiger partial charge in [-0.3, -0.25) is 9.59 Å². The van der Waals surface area contributed by atoms with E-state index in [1.807, 2.05) is 0 Å². The lowest BCUT2D eigenvalue weighted by atomic mass is 10.3. The van der Waals surface area contributed by atoms with Gasteiger partial charge in [0, 0.05) is 13.0 Å². The summed E-state index contributed by atoms with van der Waals surface area (Å²) < 4.78 is 0. The van der Waals surface area contributed by atoms with Crippen LogP contribution >= 0.6 is 0 Å². The lowest BCUT2D eigenvalue weighted by Crippen LogP contribution is -2.34. The maximum absolute atomic E-state index is 10.6. The SMILES string of the molecule is CC(O)C(=O)NCCC(N)=O. The van der Waals surface area contributed by atoms with E-state index in [1.54, 1.807) is 0 Å². The summed E-state index contributed by atoms with van der Waals surface area (Å²) in [6.45, 7) is 1.53. The van der Waals surface area contributed by atoms with Crippen molar-refractivity contribution in [3.05, 3.63) is 0 Å². The maximum atomic E-state index is 10.6. The molecule has 0 saturated carbocycles. The normalized spacial score (nSPS) is 12.2. The smallest absolute Gasteiger partial charge is 0.248 e. The summed E-state index contributed by atoms with van der Waals surface area (Å²) in [4.78, 5) is 20.8. The minimum Gasteiger partial charge on any atom is -0.384 e. The summed E-state index contributed by atoms with van der Waals surface area (Å²) in [5.74, 6) is -0.970. The van der Waals surface area contributed by atoms with Gasteiger partial charge in [-0.2, -0.15) is 0 Å². The monoisotopic (exact) mass is 160 g/mol. The topological polar surface area (TPSA) is 92.4 Å². The molecule has 0 radical (unpaired) electrons. The Labute approximate surface area is 64.6 Å². The second-order valence-corrected chi connectivity index (χ2v) is 2.18. The Bertz CT molecular complexity index is 156. The molecule has 0 bridgehead atoms. The lowest BCUT2D eigenvalue weighted by Gasteiger charge is -2.04. The molecule has 0 rings (SSSR count). The van der Waals surface area contributed by atoms with Crippen LogP contribution in [0, 0.1) is 0 Å². The fourth-order valence-electron chi connectivity index (χ4n) is 0.457. The van der Waals surface area contributed by atoms with Crippen molar-refractivity contribution in [1.29, 1.82) is 0 Å². The number of amides is 2. The van der Waals surface area contributed by atoms with Crippen LogP contribution in [-0.2, 0) is 9.59 Å². The van der Waals surface area contributed by atoms with Gasteiger partial charge in [-0.05, 0) is 6.92 Å². The molecular formula is C6H12N2O3. The molecule has 0 fully saturated rings. The highest BCUT2D eigenvalue weighted by atomic mass is 16.3. The van der Waals surface area contributed by atoms with Crippen molar-refractivity contribution in [1.82, 2.24) is 5.32 Å². The van der Waals surface area contributed by atoms with E-state index in [2.05, 4.69) is 5.32 Å². The van der Waals surface area contributed by atoms with E-state index in [-0.39, 0.29) is 13.0 Å². The number of hydrogen-bond donors (Lipinski definition) is 3. The first-order valence-electron chi connectivity index (χ1n) is 3.28. The van der Waals surface area contributed by atoms with Gasteiger partial charge in [-0.15, -0.1) is 0 Å². The highest BCUT2D eigenvalue weighted by Gasteiger charge is 2.06. The lowest BCUT2D eigenvalue weighted by molar-refractivity contribution is -0.128. The van der Waals surface area contributed by atoms with E-state index in [0.29, 0.717) is 0 Å². The Morgan fingerprint density at radius 3 is 2.55 bits per heavy atom. The molecule has 0 spiro atoms. The van der Waals surface area contributed by atoms with Gasteiger partial charge >= 0.3 is 0 Å². The van der Waals surface area contributed by atoms with Gasteiger partial charge in [-0.25, -0.2) is 0 Å². The first kappa shape index (κ1) is 9.90. The largest absolute Gasteiger partial charge is 0.384 e.